The summed E-state index contributed by atoms with van der Waals surface area (Å²) < 4.78 is 13.2. The van der Waals surface area contributed by atoms with Crippen molar-refractivity contribution in [2.45, 2.75) is 13.8 Å². The molecule has 3 aromatic rings. The fraction of sp³-hybridized carbons (Fsp3) is 0.263. The number of ether oxygens (including phenoxy) is 2. The number of hydrogen-bond acceptors (Lipinski definition) is 5. The normalized spacial score (nSPS) is 11.2. The first kappa shape index (κ1) is 16.8. The Hall–Kier alpha value is -3.02. The van der Waals surface area contributed by atoms with Gasteiger partial charge in [-0.25, -0.2) is 10.4 Å². The number of imidazole rings is 1. The number of aryl methyl sites for hydroxylation is 1. The van der Waals surface area contributed by atoms with Crippen molar-refractivity contribution in [2.75, 3.05) is 18.6 Å². The van der Waals surface area contributed by atoms with Gasteiger partial charge >= 0.3 is 0 Å². The lowest BCUT2D eigenvalue weighted by Gasteiger charge is -2.10. The van der Waals surface area contributed by atoms with Gasteiger partial charge in [-0.1, -0.05) is 12.1 Å². The van der Waals surface area contributed by atoms with Crippen LogP contribution in [-0.4, -0.2) is 29.0 Å². The number of rotatable bonds is 7. The number of benzene rings is 2. The Labute approximate surface area is 147 Å². The second-order valence-electron chi connectivity index (χ2n) is 5.42. The van der Waals surface area contributed by atoms with Gasteiger partial charge < -0.3 is 14.0 Å². The molecule has 0 atom stereocenters. The first-order chi connectivity index (χ1) is 12.2. The summed E-state index contributed by atoms with van der Waals surface area (Å²) in [4.78, 5) is 4.53. The van der Waals surface area contributed by atoms with Crippen LogP contribution in [0.25, 0.3) is 11.0 Å². The summed E-state index contributed by atoms with van der Waals surface area (Å²) in [6, 6.07) is 13.7. The monoisotopic (exact) mass is 338 g/mol. The lowest BCUT2D eigenvalue weighted by molar-refractivity contribution is 0.323. The largest absolute Gasteiger partial charge is 0.494 e. The molecule has 1 aromatic heterocycles. The maximum absolute atomic E-state index is 5.68. The maximum atomic E-state index is 5.68. The van der Waals surface area contributed by atoms with Crippen LogP contribution in [0.4, 0.5) is 5.95 Å². The van der Waals surface area contributed by atoms with Gasteiger partial charge in [-0.2, -0.15) is 5.10 Å². The van der Waals surface area contributed by atoms with Crippen LogP contribution in [0.5, 0.6) is 11.5 Å². The minimum Gasteiger partial charge on any atom is -0.494 e. The molecule has 0 radical (unpaired) electrons. The SMILES string of the molecule is CCOc1ccc(/C=N\Nc2nc3ccccc3n2C)c(OCC)c1. The van der Waals surface area contributed by atoms with Crippen LogP contribution < -0.4 is 14.9 Å². The number of hydrogen-bond donors (Lipinski definition) is 1. The number of hydrazone groups is 1. The summed E-state index contributed by atoms with van der Waals surface area (Å²) in [6.07, 6.45) is 1.72. The Balaban J connectivity index is 1.80. The van der Waals surface area contributed by atoms with Gasteiger partial charge in [-0.15, -0.1) is 0 Å². The molecule has 0 aliphatic carbocycles. The zero-order chi connectivity index (χ0) is 17.6. The maximum Gasteiger partial charge on any atom is 0.224 e. The fourth-order valence-corrected chi connectivity index (χ4v) is 2.56. The van der Waals surface area contributed by atoms with E-state index in [1.807, 2.05) is 67.9 Å². The van der Waals surface area contributed by atoms with E-state index in [2.05, 4.69) is 15.5 Å². The van der Waals surface area contributed by atoms with Gasteiger partial charge in [-0.05, 0) is 38.1 Å². The van der Waals surface area contributed by atoms with E-state index in [0.717, 1.165) is 28.1 Å². The van der Waals surface area contributed by atoms with Gasteiger partial charge in [-0.3, -0.25) is 0 Å². The Morgan fingerprint density at radius 2 is 1.92 bits per heavy atom. The Morgan fingerprint density at radius 3 is 2.68 bits per heavy atom. The molecule has 0 fully saturated rings. The molecule has 0 aliphatic heterocycles. The quantitative estimate of drug-likeness (QED) is 0.525. The smallest absolute Gasteiger partial charge is 0.224 e. The number of nitrogens with zero attached hydrogens (tertiary/aromatic N) is 3. The van der Waals surface area contributed by atoms with E-state index < -0.39 is 0 Å². The van der Waals surface area contributed by atoms with Crippen molar-refractivity contribution in [1.82, 2.24) is 9.55 Å². The van der Waals surface area contributed by atoms with E-state index in [0.29, 0.717) is 19.2 Å². The fourth-order valence-electron chi connectivity index (χ4n) is 2.56. The Kier molecular flexibility index (Phi) is 5.18. The molecule has 0 spiro atoms. The predicted octanol–water partition coefficient (Wildman–Crippen LogP) is 3.82. The third kappa shape index (κ3) is 3.74. The first-order valence-electron chi connectivity index (χ1n) is 8.33. The highest BCUT2D eigenvalue weighted by Gasteiger charge is 2.06. The molecule has 0 aliphatic rings. The topological polar surface area (TPSA) is 60.7 Å². The molecule has 0 unspecified atom stereocenters. The summed E-state index contributed by atoms with van der Waals surface area (Å²) in [5, 5.41) is 4.31. The van der Waals surface area contributed by atoms with Crippen LogP contribution in [0, 0.1) is 0 Å². The van der Waals surface area contributed by atoms with Crippen molar-refractivity contribution in [3.05, 3.63) is 48.0 Å². The summed E-state index contributed by atoms with van der Waals surface area (Å²) in [5.41, 5.74) is 5.85. The molecular weight excluding hydrogens is 316 g/mol. The molecule has 0 amide bonds. The highest BCUT2D eigenvalue weighted by atomic mass is 16.5. The average molecular weight is 338 g/mol. The van der Waals surface area contributed by atoms with Crippen LogP contribution >= 0.6 is 0 Å². The molecule has 3 rings (SSSR count). The molecule has 6 nitrogen and oxygen atoms in total. The van der Waals surface area contributed by atoms with E-state index in [1.54, 1.807) is 6.21 Å². The van der Waals surface area contributed by atoms with Gasteiger partial charge in [0.25, 0.3) is 0 Å². The van der Waals surface area contributed by atoms with Crippen LogP contribution in [-0.2, 0) is 7.05 Å². The number of para-hydroxylation sites is 2. The second-order valence-corrected chi connectivity index (χ2v) is 5.42. The highest BCUT2D eigenvalue weighted by molar-refractivity contribution is 5.84. The molecule has 0 saturated heterocycles. The van der Waals surface area contributed by atoms with Crippen molar-refractivity contribution in [3.8, 4) is 11.5 Å². The van der Waals surface area contributed by atoms with Crippen molar-refractivity contribution in [2.24, 2.45) is 12.1 Å². The van der Waals surface area contributed by atoms with E-state index in [9.17, 15) is 0 Å². The highest BCUT2D eigenvalue weighted by Crippen LogP contribution is 2.24. The zero-order valence-electron chi connectivity index (χ0n) is 14.7. The van der Waals surface area contributed by atoms with E-state index in [4.69, 9.17) is 9.47 Å². The Morgan fingerprint density at radius 1 is 1.12 bits per heavy atom. The lowest BCUT2D eigenvalue weighted by atomic mass is 10.2. The minimum absolute atomic E-state index is 0.578. The molecule has 1 heterocycles. The van der Waals surface area contributed by atoms with Gasteiger partial charge in [0.15, 0.2) is 0 Å². The number of anilines is 1. The zero-order valence-corrected chi connectivity index (χ0v) is 14.7. The molecule has 1 N–H and O–H groups in total. The van der Waals surface area contributed by atoms with Crippen molar-refractivity contribution in [3.63, 3.8) is 0 Å². The molecule has 25 heavy (non-hydrogen) atoms. The molecule has 130 valence electrons. The average Bonchev–Trinajstić information content (AvgIpc) is 2.94. The number of aromatic nitrogens is 2. The lowest BCUT2D eigenvalue weighted by Crippen LogP contribution is -2.01. The van der Waals surface area contributed by atoms with Crippen molar-refractivity contribution in [1.29, 1.82) is 0 Å². The summed E-state index contributed by atoms with van der Waals surface area (Å²) >= 11 is 0. The van der Waals surface area contributed by atoms with Crippen LogP contribution in [0.15, 0.2) is 47.6 Å². The molecular formula is C19H22N4O2. The first-order valence-corrected chi connectivity index (χ1v) is 8.33. The van der Waals surface area contributed by atoms with Gasteiger partial charge in [0.2, 0.25) is 5.95 Å². The third-order valence-corrected chi connectivity index (χ3v) is 3.75. The minimum atomic E-state index is 0.578. The summed E-state index contributed by atoms with van der Waals surface area (Å²) in [7, 11) is 1.95. The summed E-state index contributed by atoms with van der Waals surface area (Å²) in [5.74, 6) is 2.21. The van der Waals surface area contributed by atoms with Crippen molar-refractivity contribution < 1.29 is 9.47 Å². The second kappa shape index (κ2) is 7.70. The van der Waals surface area contributed by atoms with Crippen molar-refractivity contribution >= 4 is 23.2 Å². The van der Waals surface area contributed by atoms with Crippen LogP contribution in [0.3, 0.4) is 0 Å². The molecule has 6 heteroatoms. The van der Waals surface area contributed by atoms with E-state index >= 15 is 0 Å². The third-order valence-electron chi connectivity index (χ3n) is 3.75. The van der Waals surface area contributed by atoms with E-state index in [-0.39, 0.29) is 0 Å². The van der Waals surface area contributed by atoms with E-state index in [1.165, 1.54) is 0 Å². The van der Waals surface area contributed by atoms with Gasteiger partial charge in [0, 0.05) is 18.7 Å². The summed E-state index contributed by atoms with van der Waals surface area (Å²) in [6.45, 7) is 5.10. The number of fused-ring (bicyclic) bond motifs is 1. The van der Waals surface area contributed by atoms with Gasteiger partial charge in [0.1, 0.15) is 11.5 Å². The van der Waals surface area contributed by atoms with Crippen LogP contribution in [0.2, 0.25) is 0 Å². The molecule has 0 saturated carbocycles. The molecule has 0 bridgehead atoms. The molecule has 2 aromatic carbocycles. The van der Waals surface area contributed by atoms with Gasteiger partial charge in [0.05, 0.1) is 30.5 Å². The standard InChI is InChI=1S/C19H22N4O2/c1-4-24-15-11-10-14(18(12-15)25-5-2)13-20-22-19-21-16-8-6-7-9-17(16)23(19)3/h6-13H,4-5H2,1-3H3,(H,21,22)/b20-13-. The predicted molar refractivity (Wildman–Crippen MR) is 101 cm³/mol. The Bertz CT molecular complexity index is 886. The van der Waals surface area contributed by atoms with Crippen LogP contribution in [0.1, 0.15) is 19.4 Å². The number of nitrogens with one attached hydrogen (secondary N) is 1.